The summed E-state index contributed by atoms with van der Waals surface area (Å²) in [7, 11) is 0. The second-order valence-electron chi connectivity index (χ2n) is 10.2. The van der Waals surface area contributed by atoms with Crippen molar-refractivity contribution in [1.29, 1.82) is 0 Å². The molecule has 3 aliphatic rings. The van der Waals surface area contributed by atoms with E-state index < -0.39 is 89.5 Å². The quantitative estimate of drug-likeness (QED) is 0.154. The minimum absolute atomic E-state index is 0.0135. The van der Waals surface area contributed by atoms with Crippen LogP contribution >= 0.6 is 0 Å². The molecule has 11 nitrogen and oxygen atoms in total. The van der Waals surface area contributed by atoms with Gasteiger partial charge < -0.3 is 30.3 Å². The second kappa shape index (κ2) is 12.6. The van der Waals surface area contributed by atoms with Gasteiger partial charge in [0.25, 0.3) is 0 Å². The van der Waals surface area contributed by atoms with Gasteiger partial charge in [0.1, 0.15) is 0 Å². The summed E-state index contributed by atoms with van der Waals surface area (Å²) in [6, 6.07) is 0. The molecule has 6 atom stereocenters. The molecule has 38 heavy (non-hydrogen) atoms. The molecule has 0 fully saturated rings. The van der Waals surface area contributed by atoms with Gasteiger partial charge in [-0.3, -0.25) is 4.79 Å². The number of carbonyl (C=O) groups is 5. The maximum atomic E-state index is 12.6. The average Bonchev–Trinajstić information content (AvgIpc) is 3.16. The van der Waals surface area contributed by atoms with E-state index in [2.05, 4.69) is 0 Å². The zero-order valence-corrected chi connectivity index (χ0v) is 21.2. The number of carboxylic acid groups (broad SMARTS) is 2. The molecule has 1 heterocycles. The van der Waals surface area contributed by atoms with Crippen LogP contribution in [0.2, 0.25) is 0 Å². The fourth-order valence-electron chi connectivity index (χ4n) is 5.68. The van der Waals surface area contributed by atoms with Crippen LogP contribution in [-0.2, 0) is 28.7 Å². The number of hydrogen-bond acceptors (Lipinski definition) is 9. The first-order valence-corrected chi connectivity index (χ1v) is 12.9. The molecule has 0 aromatic carbocycles. The zero-order chi connectivity index (χ0) is 28.1. The van der Waals surface area contributed by atoms with Crippen molar-refractivity contribution >= 4 is 29.7 Å². The molecular weight excluding hydrogens is 500 g/mol. The first-order valence-electron chi connectivity index (χ1n) is 12.9. The lowest BCUT2D eigenvalue weighted by molar-refractivity contribution is -0.152. The Morgan fingerprint density at radius 1 is 0.974 bits per heavy atom. The van der Waals surface area contributed by atoms with Gasteiger partial charge in [-0.15, -0.1) is 0 Å². The van der Waals surface area contributed by atoms with E-state index in [9.17, 15) is 49.5 Å². The van der Waals surface area contributed by atoms with Crippen LogP contribution in [0.25, 0.3) is 0 Å². The largest absolute Gasteiger partial charge is 0.478 e. The summed E-state index contributed by atoms with van der Waals surface area (Å²) < 4.78 is 4.71. The highest BCUT2D eigenvalue weighted by Gasteiger charge is 2.48. The lowest BCUT2D eigenvalue weighted by atomic mass is 9.77. The van der Waals surface area contributed by atoms with E-state index in [1.165, 1.54) is 6.08 Å². The van der Waals surface area contributed by atoms with Crippen molar-refractivity contribution < 1.29 is 54.2 Å². The van der Waals surface area contributed by atoms with Crippen LogP contribution in [-0.4, -0.2) is 73.5 Å². The highest BCUT2D eigenvalue weighted by atomic mass is 16.6. The number of carboxylic acids is 2. The summed E-state index contributed by atoms with van der Waals surface area (Å²) in [6.07, 6.45) is 0.206. The Kier molecular flexibility index (Phi) is 9.75. The maximum absolute atomic E-state index is 12.6. The summed E-state index contributed by atoms with van der Waals surface area (Å²) >= 11 is 0. The van der Waals surface area contributed by atoms with Gasteiger partial charge in [-0.1, -0.05) is 38.7 Å². The molecule has 6 unspecified atom stereocenters. The van der Waals surface area contributed by atoms with Gasteiger partial charge in [0.15, 0.2) is 5.78 Å². The van der Waals surface area contributed by atoms with Gasteiger partial charge in [-0.25, -0.2) is 19.2 Å². The first kappa shape index (κ1) is 29.4. The summed E-state index contributed by atoms with van der Waals surface area (Å²) in [5.41, 5.74) is -2.30. The number of carbonyl (C=O) groups excluding carboxylic acids is 3. The van der Waals surface area contributed by atoms with Gasteiger partial charge in [-0.05, 0) is 43.6 Å². The molecule has 11 heteroatoms. The van der Waals surface area contributed by atoms with E-state index >= 15 is 0 Å². The van der Waals surface area contributed by atoms with Crippen molar-refractivity contribution in [2.75, 3.05) is 0 Å². The topological polar surface area (TPSA) is 196 Å². The van der Waals surface area contributed by atoms with Gasteiger partial charge in [-0.2, -0.15) is 0 Å². The molecule has 5 N–H and O–H groups in total. The first-order chi connectivity index (χ1) is 18.0. The van der Waals surface area contributed by atoms with Crippen LogP contribution in [0.3, 0.4) is 0 Å². The summed E-state index contributed by atoms with van der Waals surface area (Å²) in [6.45, 7) is 1.98. The van der Waals surface area contributed by atoms with Crippen LogP contribution in [0.5, 0.6) is 0 Å². The Bertz CT molecular complexity index is 1080. The van der Waals surface area contributed by atoms with Gasteiger partial charge in [0, 0.05) is 17.9 Å². The molecule has 208 valence electrons. The third-order valence-electron chi connectivity index (χ3n) is 7.63. The van der Waals surface area contributed by atoms with E-state index in [0.29, 0.717) is 12.8 Å². The van der Waals surface area contributed by atoms with Crippen LogP contribution in [0, 0.1) is 17.8 Å². The number of ketones is 1. The van der Waals surface area contributed by atoms with E-state index in [4.69, 9.17) is 4.74 Å². The van der Waals surface area contributed by atoms with E-state index in [1.807, 2.05) is 6.92 Å². The van der Waals surface area contributed by atoms with Crippen molar-refractivity contribution in [2.24, 2.45) is 17.8 Å². The molecule has 0 saturated carbocycles. The molecule has 0 saturated heterocycles. The number of unbranched alkanes of at least 4 members (excludes halogenated alkanes) is 3. The lowest BCUT2D eigenvalue weighted by Gasteiger charge is -2.31. The second-order valence-corrected chi connectivity index (χ2v) is 10.2. The van der Waals surface area contributed by atoms with Gasteiger partial charge in [0.2, 0.25) is 0 Å². The normalized spacial score (nSPS) is 27.8. The molecule has 0 radical (unpaired) electrons. The molecule has 0 spiro atoms. The van der Waals surface area contributed by atoms with E-state index in [-0.39, 0.29) is 30.6 Å². The summed E-state index contributed by atoms with van der Waals surface area (Å²) in [4.78, 5) is 62.1. The Labute approximate surface area is 219 Å². The molecular formula is C27H34O11. The van der Waals surface area contributed by atoms with E-state index in [0.717, 1.165) is 12.8 Å². The maximum Gasteiger partial charge on any atom is 0.345 e. The number of aliphatic hydroxyl groups excluding tert-OH is 3. The van der Waals surface area contributed by atoms with Crippen LogP contribution < -0.4 is 0 Å². The smallest absolute Gasteiger partial charge is 0.345 e. The minimum atomic E-state index is -2.04. The Morgan fingerprint density at radius 2 is 1.68 bits per heavy atom. The van der Waals surface area contributed by atoms with Gasteiger partial charge >= 0.3 is 23.9 Å². The van der Waals surface area contributed by atoms with Gasteiger partial charge in [0.05, 0.1) is 35.0 Å². The average molecular weight is 535 g/mol. The van der Waals surface area contributed by atoms with Crippen molar-refractivity contribution in [1.82, 2.24) is 0 Å². The number of aliphatic carboxylic acids is 2. The molecule has 1 aliphatic heterocycles. The van der Waals surface area contributed by atoms with Crippen molar-refractivity contribution in [2.45, 2.75) is 83.0 Å². The van der Waals surface area contributed by atoms with Crippen LogP contribution in [0.1, 0.15) is 64.7 Å². The summed E-state index contributed by atoms with van der Waals surface area (Å²) in [5.74, 6) is -9.39. The predicted octanol–water partition coefficient (Wildman–Crippen LogP) is 1.45. The molecule has 0 aromatic heterocycles. The van der Waals surface area contributed by atoms with Crippen molar-refractivity contribution in [3.8, 4) is 0 Å². The van der Waals surface area contributed by atoms with Crippen LogP contribution in [0.15, 0.2) is 34.4 Å². The van der Waals surface area contributed by atoms with Crippen LogP contribution in [0.4, 0.5) is 0 Å². The molecule has 3 rings (SSSR count). The highest BCUT2D eigenvalue weighted by Crippen LogP contribution is 2.41. The Hall–Kier alpha value is -3.15. The molecule has 0 amide bonds. The third kappa shape index (κ3) is 6.28. The minimum Gasteiger partial charge on any atom is -0.478 e. The number of aliphatic hydroxyl groups is 3. The number of ether oxygens (including phenoxy) is 1. The predicted molar refractivity (Wildman–Crippen MR) is 130 cm³/mol. The number of cyclic esters (lactones) is 2. The fourth-order valence-corrected chi connectivity index (χ4v) is 5.68. The van der Waals surface area contributed by atoms with E-state index in [1.54, 1.807) is 6.08 Å². The fraction of sp³-hybridized carbons (Fsp3) is 0.593. The Balaban J connectivity index is 2.16. The molecule has 0 bridgehead atoms. The number of allylic oxidation sites excluding steroid dienone is 2. The molecule has 0 aromatic rings. The number of rotatable bonds is 10. The molecule has 2 aliphatic carbocycles. The number of hydrogen-bond donors (Lipinski definition) is 5. The Morgan fingerprint density at radius 3 is 2.29 bits per heavy atom. The van der Waals surface area contributed by atoms with Crippen molar-refractivity contribution in [3.63, 3.8) is 0 Å². The lowest BCUT2D eigenvalue weighted by Crippen LogP contribution is -2.39. The van der Waals surface area contributed by atoms with Crippen molar-refractivity contribution in [3.05, 3.63) is 34.4 Å². The summed E-state index contributed by atoms with van der Waals surface area (Å²) in [5, 5.41) is 53.7. The standard InChI is InChI=1S/C27H34O11/c1-2-3-4-5-9-18(29)21-19(25(34)35)16(24(32)33)11-14(22(30)13-7-6-8-15(28)10-13)12-17-20(23(21)31)27(37)38-26(17)36/h6,8,13-14,18,21-23,29-31H,2-5,7,9-12H2,1H3,(H,32,33)(H,34,35). The monoisotopic (exact) mass is 534 g/mol. The number of esters is 2. The zero-order valence-electron chi connectivity index (χ0n) is 21.2. The SMILES string of the molecule is CCCCCCC(O)C1C(C(=O)O)=C(C(=O)O)CC(C(O)C2CC=CC(=O)C2)CC2=C(C(=O)OC2=O)C1O. The highest BCUT2D eigenvalue weighted by molar-refractivity contribution is 6.13. The third-order valence-corrected chi connectivity index (χ3v) is 7.63.